The molecule has 1 aromatic carbocycles. The molecule has 3 aliphatic heterocycles. The van der Waals surface area contributed by atoms with E-state index in [4.69, 9.17) is 10.00 Å². The first-order chi connectivity index (χ1) is 17.3. The lowest BCUT2D eigenvalue weighted by Crippen LogP contribution is -2.57. The van der Waals surface area contributed by atoms with E-state index in [1.54, 1.807) is 12.0 Å². The van der Waals surface area contributed by atoms with Gasteiger partial charge >= 0.3 is 0 Å². The van der Waals surface area contributed by atoms with Crippen LogP contribution >= 0.6 is 0 Å². The van der Waals surface area contributed by atoms with Crippen molar-refractivity contribution in [1.29, 1.82) is 5.26 Å². The number of piperidine rings is 1. The highest BCUT2D eigenvalue weighted by Crippen LogP contribution is 2.37. The fourth-order valence-electron chi connectivity index (χ4n) is 5.99. The number of nitrogens with one attached hydrogen (secondary N) is 1. The molecule has 2 amide bonds. The van der Waals surface area contributed by atoms with E-state index >= 15 is 0 Å². The Morgan fingerprint density at radius 3 is 2.61 bits per heavy atom. The highest BCUT2D eigenvalue weighted by atomic mass is 32.2. The maximum atomic E-state index is 13.5. The van der Waals surface area contributed by atoms with Crippen LogP contribution in [0.3, 0.4) is 0 Å². The molecular formula is C25H33N5O5S. The summed E-state index contributed by atoms with van der Waals surface area (Å²) in [7, 11) is -2.04. The molecule has 0 radical (unpaired) electrons. The number of amides is 2. The smallest absolute Gasteiger partial charge is 0.282 e. The van der Waals surface area contributed by atoms with Crippen molar-refractivity contribution in [3.63, 3.8) is 0 Å². The molecule has 3 heterocycles. The molecule has 0 spiro atoms. The standard InChI is InChI=1S/C25H33N5O5S/c1-35-23-8-2-6-19-20(23)9-10-21(19)27-24(31)22-7-4-12-30(22)25(32)18-5-3-11-28(16-18)36(33,34)29-14-17(13-26)15-29/h2,6,8,17-18,21-22H,3-5,7,9-12,14-16H2,1H3,(H,27,31)/t18-,21-,22+/m0/s1. The van der Waals surface area contributed by atoms with Gasteiger partial charge in [-0.2, -0.15) is 22.3 Å². The monoisotopic (exact) mass is 515 g/mol. The zero-order valence-corrected chi connectivity index (χ0v) is 21.4. The van der Waals surface area contributed by atoms with E-state index in [2.05, 4.69) is 11.4 Å². The number of nitrogens with zero attached hydrogens (tertiary/aromatic N) is 4. The fourth-order valence-corrected chi connectivity index (χ4v) is 7.78. The number of ether oxygens (including phenoxy) is 1. The molecule has 3 saturated heterocycles. The Bertz CT molecular complexity index is 1180. The van der Waals surface area contributed by atoms with Crippen LogP contribution < -0.4 is 10.1 Å². The van der Waals surface area contributed by atoms with Gasteiger partial charge in [0.25, 0.3) is 10.2 Å². The molecular weight excluding hydrogens is 482 g/mol. The second-order valence-corrected chi connectivity index (χ2v) is 12.1. The molecule has 0 aromatic heterocycles. The summed E-state index contributed by atoms with van der Waals surface area (Å²) < 4.78 is 34.1. The predicted molar refractivity (Wildman–Crippen MR) is 131 cm³/mol. The summed E-state index contributed by atoms with van der Waals surface area (Å²) in [5, 5.41) is 12.1. The van der Waals surface area contributed by atoms with E-state index in [9.17, 15) is 18.0 Å². The van der Waals surface area contributed by atoms with Gasteiger partial charge in [0, 0.05) is 32.7 Å². The maximum Gasteiger partial charge on any atom is 0.282 e. The number of nitriles is 1. The summed E-state index contributed by atoms with van der Waals surface area (Å²) in [6.45, 7) is 1.41. The summed E-state index contributed by atoms with van der Waals surface area (Å²) in [6.07, 6.45) is 4.17. The van der Waals surface area contributed by atoms with Crippen LogP contribution in [0.2, 0.25) is 0 Å². The van der Waals surface area contributed by atoms with Crippen molar-refractivity contribution in [2.45, 2.75) is 50.6 Å². The summed E-state index contributed by atoms with van der Waals surface area (Å²) in [4.78, 5) is 28.5. The van der Waals surface area contributed by atoms with Crippen molar-refractivity contribution in [2.24, 2.45) is 11.8 Å². The molecule has 36 heavy (non-hydrogen) atoms. The molecule has 3 atom stereocenters. The molecule has 11 heteroatoms. The number of likely N-dealkylation sites (tertiary alicyclic amines) is 1. The zero-order valence-electron chi connectivity index (χ0n) is 20.6. The second kappa shape index (κ2) is 10.00. The summed E-state index contributed by atoms with van der Waals surface area (Å²) in [6, 6.07) is 7.32. The number of carbonyl (C=O) groups excluding carboxylic acids is 2. The number of hydrogen-bond acceptors (Lipinski definition) is 6. The number of methoxy groups -OCH3 is 1. The number of fused-ring (bicyclic) bond motifs is 1. The molecule has 3 fully saturated rings. The minimum Gasteiger partial charge on any atom is -0.496 e. The minimum atomic E-state index is -3.68. The Morgan fingerprint density at radius 1 is 1.08 bits per heavy atom. The first-order valence-electron chi connectivity index (χ1n) is 12.7. The lowest BCUT2D eigenvalue weighted by atomic mass is 9.97. The van der Waals surface area contributed by atoms with Gasteiger partial charge in [-0.05, 0) is 55.7 Å². The van der Waals surface area contributed by atoms with Crippen molar-refractivity contribution >= 4 is 22.0 Å². The molecule has 10 nitrogen and oxygen atoms in total. The SMILES string of the molecule is COc1cccc2c1CC[C@@H]2NC(=O)[C@H]1CCCN1C(=O)[C@H]1CCCN(S(=O)(=O)N2CC(C#N)C2)C1. The Balaban J connectivity index is 1.23. The van der Waals surface area contributed by atoms with Crippen LogP contribution in [0.15, 0.2) is 18.2 Å². The molecule has 0 saturated carbocycles. The van der Waals surface area contributed by atoms with Crippen LogP contribution in [0.4, 0.5) is 0 Å². The highest BCUT2D eigenvalue weighted by molar-refractivity contribution is 7.86. The average Bonchev–Trinajstić information content (AvgIpc) is 3.50. The van der Waals surface area contributed by atoms with Crippen molar-refractivity contribution in [2.75, 3.05) is 39.8 Å². The minimum absolute atomic E-state index is 0.107. The molecule has 194 valence electrons. The van der Waals surface area contributed by atoms with Crippen molar-refractivity contribution in [1.82, 2.24) is 18.8 Å². The van der Waals surface area contributed by atoms with Gasteiger partial charge in [0.15, 0.2) is 0 Å². The third-order valence-electron chi connectivity index (χ3n) is 8.02. The van der Waals surface area contributed by atoms with Crippen molar-refractivity contribution in [3.05, 3.63) is 29.3 Å². The van der Waals surface area contributed by atoms with Crippen LogP contribution in [0.25, 0.3) is 0 Å². The van der Waals surface area contributed by atoms with Crippen LogP contribution in [-0.2, 0) is 26.2 Å². The van der Waals surface area contributed by atoms with E-state index < -0.39 is 22.2 Å². The number of rotatable bonds is 6. The lowest BCUT2D eigenvalue weighted by molar-refractivity contribution is -0.142. The predicted octanol–water partition coefficient (Wildman–Crippen LogP) is 1.20. The molecule has 5 rings (SSSR count). The van der Waals surface area contributed by atoms with Gasteiger partial charge < -0.3 is 15.0 Å². The third kappa shape index (κ3) is 4.46. The molecule has 1 aromatic rings. The number of benzene rings is 1. The summed E-state index contributed by atoms with van der Waals surface area (Å²) >= 11 is 0. The summed E-state index contributed by atoms with van der Waals surface area (Å²) in [5.74, 6) is -0.185. The first-order valence-corrected chi connectivity index (χ1v) is 14.1. The van der Waals surface area contributed by atoms with Crippen molar-refractivity contribution in [3.8, 4) is 11.8 Å². The Morgan fingerprint density at radius 2 is 1.86 bits per heavy atom. The molecule has 0 bridgehead atoms. The van der Waals surface area contributed by atoms with Gasteiger partial charge in [0.1, 0.15) is 11.8 Å². The van der Waals surface area contributed by atoms with E-state index in [-0.39, 0.29) is 43.4 Å². The fraction of sp³-hybridized carbons (Fsp3) is 0.640. The van der Waals surface area contributed by atoms with E-state index in [0.29, 0.717) is 32.4 Å². The molecule has 0 unspecified atom stereocenters. The van der Waals surface area contributed by atoms with Gasteiger partial charge in [-0.3, -0.25) is 9.59 Å². The Hall–Kier alpha value is -2.68. The van der Waals surface area contributed by atoms with Gasteiger partial charge in [0.05, 0.1) is 31.1 Å². The Labute approximate surface area is 212 Å². The van der Waals surface area contributed by atoms with E-state index in [0.717, 1.165) is 36.1 Å². The summed E-state index contributed by atoms with van der Waals surface area (Å²) in [5.41, 5.74) is 2.19. The van der Waals surface area contributed by atoms with Crippen LogP contribution in [-0.4, -0.2) is 79.6 Å². The Kier molecular flexibility index (Phi) is 6.94. The van der Waals surface area contributed by atoms with E-state index in [1.165, 1.54) is 8.61 Å². The van der Waals surface area contributed by atoms with Gasteiger partial charge in [-0.1, -0.05) is 12.1 Å². The van der Waals surface area contributed by atoms with Crippen molar-refractivity contribution < 1.29 is 22.7 Å². The maximum absolute atomic E-state index is 13.5. The highest BCUT2D eigenvalue weighted by Gasteiger charge is 2.44. The average molecular weight is 516 g/mol. The van der Waals surface area contributed by atoms with Gasteiger partial charge in [0.2, 0.25) is 11.8 Å². The second-order valence-electron chi connectivity index (χ2n) is 10.2. The van der Waals surface area contributed by atoms with Crippen LogP contribution in [0.1, 0.15) is 49.3 Å². The van der Waals surface area contributed by atoms with Crippen LogP contribution in [0, 0.1) is 23.2 Å². The lowest BCUT2D eigenvalue weighted by Gasteiger charge is -2.41. The van der Waals surface area contributed by atoms with Gasteiger partial charge in [-0.15, -0.1) is 0 Å². The number of hydrogen-bond donors (Lipinski definition) is 1. The van der Waals surface area contributed by atoms with E-state index in [1.807, 2.05) is 18.2 Å². The normalized spacial score (nSPS) is 27.2. The zero-order chi connectivity index (χ0) is 25.4. The topological polar surface area (TPSA) is 123 Å². The molecule has 4 aliphatic rings. The molecule has 1 N–H and O–H groups in total. The largest absolute Gasteiger partial charge is 0.496 e. The van der Waals surface area contributed by atoms with Crippen LogP contribution in [0.5, 0.6) is 5.75 Å². The molecule has 1 aliphatic carbocycles. The number of carbonyl (C=O) groups is 2. The quantitative estimate of drug-likeness (QED) is 0.607. The first kappa shape index (κ1) is 25.0. The van der Waals surface area contributed by atoms with Gasteiger partial charge in [-0.25, -0.2) is 0 Å². The third-order valence-corrected chi connectivity index (χ3v) is 9.95.